The van der Waals surface area contributed by atoms with Gasteiger partial charge in [0.05, 0.1) is 28.3 Å². The molecule has 192 valence electrons. The topological polar surface area (TPSA) is 122 Å². The van der Waals surface area contributed by atoms with E-state index in [1.807, 2.05) is 0 Å². The molecule has 0 unspecified atom stereocenters. The first-order valence-corrected chi connectivity index (χ1v) is 13.7. The zero-order valence-corrected chi connectivity index (χ0v) is 21.4. The van der Waals surface area contributed by atoms with E-state index < -0.39 is 38.3 Å². The van der Waals surface area contributed by atoms with Gasteiger partial charge in [-0.25, -0.2) is 25.9 Å². The van der Waals surface area contributed by atoms with Crippen LogP contribution in [0.5, 0.6) is 5.75 Å². The molecular weight excluding hydrogens is 509 g/mol. The normalized spacial score (nSPS) is 11.8. The number of halogens is 1. The predicted octanol–water partition coefficient (Wildman–Crippen LogP) is 3.36. The molecule has 1 amide bonds. The fraction of sp³-hybridized carbons (Fsp3) is 0.208. The summed E-state index contributed by atoms with van der Waals surface area (Å²) in [6, 6.07) is 16.0. The Kier molecular flexibility index (Phi) is 8.33. The lowest BCUT2D eigenvalue weighted by molar-refractivity contribution is -0.114. The number of carbonyl (C=O) groups excluding carboxylic acids is 1. The fourth-order valence-electron chi connectivity index (χ4n) is 3.32. The van der Waals surface area contributed by atoms with Crippen LogP contribution < -0.4 is 19.1 Å². The van der Waals surface area contributed by atoms with Crippen molar-refractivity contribution in [2.75, 3.05) is 23.3 Å². The summed E-state index contributed by atoms with van der Waals surface area (Å²) in [7, 11) is -6.89. The predicted molar refractivity (Wildman–Crippen MR) is 134 cm³/mol. The Labute approximate surface area is 210 Å². The molecule has 36 heavy (non-hydrogen) atoms. The van der Waals surface area contributed by atoms with Crippen LogP contribution >= 0.6 is 0 Å². The molecule has 0 radical (unpaired) electrons. The van der Waals surface area contributed by atoms with Crippen LogP contribution in [0, 0.1) is 5.82 Å². The summed E-state index contributed by atoms with van der Waals surface area (Å²) >= 11 is 0. The van der Waals surface area contributed by atoms with E-state index in [0.29, 0.717) is 4.31 Å². The van der Waals surface area contributed by atoms with Gasteiger partial charge in [0.25, 0.3) is 10.0 Å². The van der Waals surface area contributed by atoms with Gasteiger partial charge in [0.1, 0.15) is 18.1 Å². The second-order valence-electron chi connectivity index (χ2n) is 7.96. The maximum Gasteiger partial charge on any atom is 0.264 e. The number of nitrogens with zero attached hydrogens (tertiary/aromatic N) is 1. The number of nitrogens with one attached hydrogen (secondary N) is 2. The van der Waals surface area contributed by atoms with Gasteiger partial charge >= 0.3 is 0 Å². The van der Waals surface area contributed by atoms with E-state index in [4.69, 9.17) is 4.74 Å². The van der Waals surface area contributed by atoms with Crippen molar-refractivity contribution < 1.29 is 30.8 Å². The molecule has 0 aliphatic heterocycles. The Morgan fingerprint density at radius 2 is 1.58 bits per heavy atom. The second-order valence-corrected chi connectivity index (χ2v) is 11.5. The number of methoxy groups -OCH3 is 1. The first-order chi connectivity index (χ1) is 17.0. The molecule has 3 aromatic rings. The molecule has 0 heterocycles. The smallest absolute Gasteiger partial charge is 0.264 e. The number of rotatable bonds is 10. The highest BCUT2D eigenvalue weighted by Crippen LogP contribution is 2.29. The van der Waals surface area contributed by atoms with Crippen LogP contribution in [-0.4, -0.2) is 42.4 Å². The number of amides is 1. The Balaban J connectivity index is 1.98. The highest BCUT2D eigenvalue weighted by atomic mass is 32.2. The molecule has 0 saturated carbocycles. The molecule has 0 bridgehead atoms. The van der Waals surface area contributed by atoms with E-state index in [0.717, 1.165) is 6.07 Å². The standard InChI is InChI=1S/C24H26FN3O6S2/c1-17(2)27-35(30,31)19-13-14-23(34-3)21(15-19)26-24(29)16-28(22-12-8-7-11-20(22)25)36(32,33)18-9-5-4-6-10-18/h4-15,17,27H,16H2,1-3H3,(H,26,29). The largest absolute Gasteiger partial charge is 0.495 e. The highest BCUT2D eigenvalue weighted by Gasteiger charge is 2.29. The van der Waals surface area contributed by atoms with E-state index in [1.54, 1.807) is 19.9 Å². The summed E-state index contributed by atoms with van der Waals surface area (Å²) in [5, 5.41) is 2.49. The monoisotopic (exact) mass is 535 g/mol. The third-order valence-electron chi connectivity index (χ3n) is 4.89. The maximum atomic E-state index is 14.6. The average Bonchev–Trinajstić information content (AvgIpc) is 2.82. The number of carbonyl (C=O) groups is 1. The van der Waals surface area contributed by atoms with Crippen LogP contribution in [0.1, 0.15) is 13.8 Å². The number of hydrogen-bond acceptors (Lipinski definition) is 6. The fourth-order valence-corrected chi connectivity index (χ4v) is 6.05. The van der Waals surface area contributed by atoms with Crippen LogP contribution in [0.25, 0.3) is 0 Å². The summed E-state index contributed by atoms with van der Waals surface area (Å²) in [6.07, 6.45) is 0. The molecule has 0 spiro atoms. The van der Waals surface area contributed by atoms with Crippen molar-refractivity contribution in [3.63, 3.8) is 0 Å². The Hall–Kier alpha value is -3.48. The summed E-state index contributed by atoms with van der Waals surface area (Å²) in [6.45, 7) is 2.53. The van der Waals surface area contributed by atoms with Crippen LogP contribution in [-0.2, 0) is 24.8 Å². The number of ether oxygens (including phenoxy) is 1. The third-order valence-corrected chi connectivity index (χ3v) is 8.32. The maximum absolute atomic E-state index is 14.6. The third kappa shape index (κ3) is 6.20. The molecule has 9 nitrogen and oxygen atoms in total. The summed E-state index contributed by atoms with van der Waals surface area (Å²) in [4.78, 5) is 12.8. The molecule has 12 heteroatoms. The van der Waals surface area contributed by atoms with Crippen molar-refractivity contribution in [1.82, 2.24) is 4.72 Å². The Bertz CT molecular complexity index is 1450. The Morgan fingerprint density at radius 3 is 2.19 bits per heavy atom. The van der Waals surface area contributed by atoms with Crippen LogP contribution in [0.2, 0.25) is 0 Å². The SMILES string of the molecule is COc1ccc(S(=O)(=O)NC(C)C)cc1NC(=O)CN(c1ccccc1F)S(=O)(=O)c1ccccc1. The summed E-state index contributed by atoms with van der Waals surface area (Å²) < 4.78 is 74.8. The second kappa shape index (κ2) is 11.1. The molecule has 3 rings (SSSR count). The number of sulfonamides is 2. The summed E-state index contributed by atoms with van der Waals surface area (Å²) in [5.74, 6) is -1.53. The van der Waals surface area contributed by atoms with E-state index >= 15 is 0 Å². The van der Waals surface area contributed by atoms with Crippen molar-refractivity contribution in [2.45, 2.75) is 29.7 Å². The zero-order valence-electron chi connectivity index (χ0n) is 19.8. The van der Waals surface area contributed by atoms with Crippen molar-refractivity contribution >= 4 is 37.3 Å². The lowest BCUT2D eigenvalue weighted by atomic mass is 10.3. The van der Waals surface area contributed by atoms with E-state index in [-0.39, 0.29) is 33.0 Å². The zero-order chi connectivity index (χ0) is 26.5. The number of hydrogen-bond donors (Lipinski definition) is 2. The minimum Gasteiger partial charge on any atom is -0.495 e. The van der Waals surface area contributed by atoms with Gasteiger partial charge in [-0.15, -0.1) is 0 Å². The Morgan fingerprint density at radius 1 is 0.944 bits per heavy atom. The van der Waals surface area contributed by atoms with Gasteiger partial charge in [-0.2, -0.15) is 0 Å². The molecule has 0 saturated heterocycles. The molecule has 0 aliphatic carbocycles. The van der Waals surface area contributed by atoms with Crippen LogP contribution in [0.15, 0.2) is 82.6 Å². The molecule has 3 aromatic carbocycles. The minimum atomic E-state index is -4.33. The van der Waals surface area contributed by atoms with Gasteiger partial charge in [-0.3, -0.25) is 9.10 Å². The lowest BCUT2D eigenvalue weighted by Gasteiger charge is -2.24. The molecule has 0 aromatic heterocycles. The number of para-hydroxylation sites is 1. The average molecular weight is 536 g/mol. The number of benzene rings is 3. The van der Waals surface area contributed by atoms with E-state index in [1.165, 1.54) is 67.8 Å². The first kappa shape index (κ1) is 27.1. The first-order valence-electron chi connectivity index (χ1n) is 10.8. The quantitative estimate of drug-likeness (QED) is 0.411. The van der Waals surface area contributed by atoms with Crippen molar-refractivity contribution in [3.8, 4) is 5.75 Å². The van der Waals surface area contributed by atoms with Gasteiger partial charge in [-0.1, -0.05) is 30.3 Å². The van der Waals surface area contributed by atoms with Gasteiger partial charge in [0.2, 0.25) is 15.9 Å². The van der Waals surface area contributed by atoms with Gasteiger partial charge < -0.3 is 10.1 Å². The molecule has 0 aliphatic rings. The van der Waals surface area contributed by atoms with Crippen LogP contribution in [0.3, 0.4) is 0 Å². The van der Waals surface area contributed by atoms with Gasteiger partial charge in [-0.05, 0) is 56.3 Å². The lowest BCUT2D eigenvalue weighted by Crippen LogP contribution is -2.38. The van der Waals surface area contributed by atoms with Crippen molar-refractivity contribution in [1.29, 1.82) is 0 Å². The van der Waals surface area contributed by atoms with Crippen molar-refractivity contribution in [3.05, 3.63) is 78.6 Å². The van der Waals surface area contributed by atoms with Gasteiger partial charge in [0, 0.05) is 6.04 Å². The van der Waals surface area contributed by atoms with Crippen LogP contribution in [0.4, 0.5) is 15.8 Å². The summed E-state index contributed by atoms with van der Waals surface area (Å²) in [5.41, 5.74) is -0.319. The molecular formula is C24H26FN3O6S2. The highest BCUT2D eigenvalue weighted by molar-refractivity contribution is 7.92. The van der Waals surface area contributed by atoms with E-state index in [9.17, 15) is 26.0 Å². The molecule has 2 N–H and O–H groups in total. The van der Waals surface area contributed by atoms with E-state index in [2.05, 4.69) is 10.0 Å². The van der Waals surface area contributed by atoms with Gasteiger partial charge in [0.15, 0.2) is 0 Å². The number of anilines is 2. The molecule has 0 atom stereocenters. The molecule has 0 fully saturated rings. The van der Waals surface area contributed by atoms with Crippen molar-refractivity contribution in [2.24, 2.45) is 0 Å². The minimum absolute atomic E-state index is 0.000256.